The van der Waals surface area contributed by atoms with Crippen molar-refractivity contribution in [3.05, 3.63) is 71.8 Å². The molecule has 0 atom stereocenters. The normalized spacial score (nSPS) is 10.9. The minimum Gasteiger partial charge on any atom is -0.192 e. The van der Waals surface area contributed by atoms with Crippen LogP contribution in [0.5, 0.6) is 0 Å². The van der Waals surface area contributed by atoms with Gasteiger partial charge in [0, 0.05) is 17.7 Å². The lowest BCUT2D eigenvalue weighted by Crippen LogP contribution is -2.24. The lowest BCUT2D eigenvalue weighted by Gasteiger charge is -2.01. The third kappa shape index (κ3) is 1.82. The van der Waals surface area contributed by atoms with E-state index in [0.29, 0.717) is 0 Å². The molecule has 0 fully saturated rings. The van der Waals surface area contributed by atoms with Gasteiger partial charge in [0.2, 0.25) is 11.2 Å². The number of benzene rings is 2. The Bertz CT molecular complexity index is 1040. The van der Waals surface area contributed by atoms with Crippen LogP contribution in [0.1, 0.15) is 11.1 Å². The molecule has 2 nitrogen and oxygen atoms in total. The average molecular weight is 301 g/mol. The van der Waals surface area contributed by atoms with E-state index in [2.05, 4.69) is 40.8 Å². The van der Waals surface area contributed by atoms with Gasteiger partial charge in [-0.25, -0.2) is 0 Å². The van der Waals surface area contributed by atoms with Crippen LogP contribution in [-0.4, -0.2) is 0 Å². The number of para-hydroxylation sites is 1. The van der Waals surface area contributed by atoms with Crippen molar-refractivity contribution < 1.29 is 4.40 Å². The maximum atomic E-state index is 9.55. The number of rotatable bonds is 1. The number of aryl methyl sites for hydroxylation is 1. The molecule has 3 heteroatoms. The van der Waals surface area contributed by atoms with Gasteiger partial charge < -0.3 is 0 Å². The summed E-state index contributed by atoms with van der Waals surface area (Å²) < 4.78 is 3.41. The van der Waals surface area contributed by atoms with E-state index in [-0.39, 0.29) is 0 Å². The van der Waals surface area contributed by atoms with E-state index in [1.54, 1.807) is 11.3 Å². The second-order valence-corrected chi connectivity index (χ2v) is 6.31. The Balaban J connectivity index is 2.24. The van der Waals surface area contributed by atoms with E-state index in [0.717, 1.165) is 32.7 Å². The fourth-order valence-corrected chi connectivity index (χ4v) is 4.07. The molecule has 22 heavy (non-hydrogen) atoms. The van der Waals surface area contributed by atoms with Gasteiger partial charge in [0.25, 0.3) is 4.83 Å². The zero-order chi connectivity index (χ0) is 15.1. The monoisotopic (exact) mass is 301 g/mol. The van der Waals surface area contributed by atoms with Crippen molar-refractivity contribution in [2.45, 2.75) is 6.92 Å². The Morgan fingerprint density at radius 3 is 2.50 bits per heavy atom. The number of fused-ring (bicyclic) bond motifs is 3. The quantitative estimate of drug-likeness (QED) is 0.476. The number of hydrogen-bond donors (Lipinski definition) is 0. The first-order valence-corrected chi connectivity index (χ1v) is 7.93. The summed E-state index contributed by atoms with van der Waals surface area (Å²) in [5.41, 5.74) is 5.23. The van der Waals surface area contributed by atoms with Crippen molar-refractivity contribution in [2.75, 3.05) is 0 Å². The predicted molar refractivity (Wildman–Crippen MR) is 89.9 cm³/mol. The van der Waals surface area contributed by atoms with Crippen molar-refractivity contribution in [1.82, 2.24) is 0 Å². The summed E-state index contributed by atoms with van der Waals surface area (Å²) in [5, 5.41) is 9.55. The minimum atomic E-state index is 0.765. The van der Waals surface area contributed by atoms with Crippen molar-refractivity contribution in [2.24, 2.45) is 0 Å². The highest BCUT2D eigenvalue weighted by atomic mass is 32.1. The van der Waals surface area contributed by atoms with Crippen LogP contribution in [-0.2, 0) is 0 Å². The maximum absolute atomic E-state index is 9.55. The number of nitriles is 1. The molecule has 0 bridgehead atoms. The first-order chi connectivity index (χ1) is 10.8. The van der Waals surface area contributed by atoms with Crippen LogP contribution >= 0.6 is 11.3 Å². The molecule has 0 N–H and O–H groups in total. The Hall–Kier alpha value is -2.70. The van der Waals surface area contributed by atoms with Gasteiger partial charge in [0.05, 0.1) is 0 Å². The summed E-state index contributed by atoms with van der Waals surface area (Å²) in [6.07, 6.45) is 0. The molecule has 4 rings (SSSR count). The van der Waals surface area contributed by atoms with E-state index in [9.17, 15) is 5.26 Å². The van der Waals surface area contributed by atoms with E-state index >= 15 is 0 Å². The van der Waals surface area contributed by atoms with E-state index < -0.39 is 0 Å². The number of thiazole rings is 1. The molecule has 0 unspecified atom stereocenters. The average Bonchev–Trinajstić information content (AvgIpc) is 2.94. The van der Waals surface area contributed by atoms with Crippen LogP contribution in [0.15, 0.2) is 60.7 Å². The topological polar surface area (TPSA) is 27.9 Å². The molecule has 0 aliphatic rings. The molecule has 0 saturated carbocycles. The molecule has 2 heterocycles. The van der Waals surface area contributed by atoms with Gasteiger partial charge in [0.15, 0.2) is 0 Å². The highest BCUT2D eigenvalue weighted by Crippen LogP contribution is 2.29. The summed E-state index contributed by atoms with van der Waals surface area (Å²) in [4.78, 5) is 1.02. The van der Waals surface area contributed by atoms with Gasteiger partial charge in [-0.1, -0.05) is 41.7 Å². The van der Waals surface area contributed by atoms with Crippen molar-refractivity contribution in [3.63, 3.8) is 0 Å². The molecule has 0 aliphatic carbocycles. The van der Waals surface area contributed by atoms with Gasteiger partial charge in [-0.2, -0.15) is 5.26 Å². The van der Waals surface area contributed by atoms with Gasteiger partial charge in [-0.15, -0.1) is 4.40 Å². The lowest BCUT2D eigenvalue weighted by atomic mass is 10.1. The first kappa shape index (κ1) is 13.0. The smallest absolute Gasteiger partial charge is 0.192 e. The summed E-state index contributed by atoms with van der Waals surface area (Å²) in [5.74, 6) is 0. The Morgan fingerprint density at radius 2 is 1.73 bits per heavy atom. The van der Waals surface area contributed by atoms with E-state index in [1.807, 2.05) is 37.3 Å². The molecule has 0 aliphatic heterocycles. The SMILES string of the molecule is Cc1cc(-c2ccccc2)[n+]2c(sc3ccccc32)c1C#N. The third-order valence-corrected chi connectivity index (χ3v) is 5.04. The molecular formula is C19H13N2S+. The summed E-state index contributed by atoms with van der Waals surface area (Å²) in [6, 6.07) is 23.1. The minimum absolute atomic E-state index is 0.765. The van der Waals surface area contributed by atoms with Crippen molar-refractivity contribution in [3.8, 4) is 17.3 Å². The summed E-state index contributed by atoms with van der Waals surface area (Å²) >= 11 is 1.68. The standard InChI is InChI=1S/C19H13N2S/c1-13-11-17(14-7-3-2-4-8-14)21-16-9-5-6-10-18(16)22-19(21)15(13)12-20/h2-11H,1H3/q+1. The molecule has 0 amide bonds. The van der Waals surface area contributed by atoms with Gasteiger partial charge >= 0.3 is 0 Å². The molecule has 104 valence electrons. The lowest BCUT2D eigenvalue weighted by molar-refractivity contribution is -0.465. The molecule has 0 radical (unpaired) electrons. The first-order valence-electron chi connectivity index (χ1n) is 7.12. The molecule has 4 aromatic rings. The van der Waals surface area contributed by atoms with Crippen LogP contribution in [0.4, 0.5) is 0 Å². The molecular weight excluding hydrogens is 288 g/mol. The van der Waals surface area contributed by atoms with Crippen LogP contribution in [0.3, 0.4) is 0 Å². The number of aromatic nitrogens is 1. The number of hydrogen-bond acceptors (Lipinski definition) is 2. The van der Waals surface area contributed by atoms with Gasteiger partial charge in [-0.05, 0) is 30.7 Å². The van der Waals surface area contributed by atoms with Gasteiger partial charge in [0.1, 0.15) is 16.3 Å². The summed E-state index contributed by atoms with van der Waals surface area (Å²) in [7, 11) is 0. The molecule has 0 spiro atoms. The van der Waals surface area contributed by atoms with E-state index in [1.165, 1.54) is 4.70 Å². The van der Waals surface area contributed by atoms with E-state index in [4.69, 9.17) is 0 Å². The zero-order valence-electron chi connectivity index (χ0n) is 12.1. The second kappa shape index (κ2) is 4.94. The van der Waals surface area contributed by atoms with Gasteiger partial charge in [-0.3, -0.25) is 0 Å². The highest BCUT2D eigenvalue weighted by Gasteiger charge is 2.24. The fourth-order valence-electron chi connectivity index (χ4n) is 2.86. The van der Waals surface area contributed by atoms with Crippen LogP contribution in [0.25, 0.3) is 26.3 Å². The summed E-state index contributed by atoms with van der Waals surface area (Å²) in [6.45, 7) is 2.01. The molecule has 0 saturated heterocycles. The Morgan fingerprint density at radius 1 is 1.00 bits per heavy atom. The predicted octanol–water partition coefficient (Wildman–Crippen LogP) is 4.49. The second-order valence-electron chi connectivity index (χ2n) is 5.28. The number of nitrogens with zero attached hydrogens (tertiary/aromatic N) is 2. The van der Waals surface area contributed by atoms with Crippen molar-refractivity contribution in [1.29, 1.82) is 5.26 Å². The highest BCUT2D eigenvalue weighted by molar-refractivity contribution is 7.23. The largest absolute Gasteiger partial charge is 0.286 e. The fraction of sp³-hybridized carbons (Fsp3) is 0.0526. The Labute approximate surface area is 132 Å². The zero-order valence-corrected chi connectivity index (χ0v) is 12.9. The molecule has 2 aromatic carbocycles. The van der Waals surface area contributed by atoms with Crippen LogP contribution in [0.2, 0.25) is 0 Å². The van der Waals surface area contributed by atoms with Crippen LogP contribution in [0, 0.1) is 18.3 Å². The van der Waals surface area contributed by atoms with Crippen molar-refractivity contribution >= 4 is 26.4 Å². The number of pyridine rings is 1. The third-order valence-electron chi connectivity index (χ3n) is 3.90. The van der Waals surface area contributed by atoms with Crippen LogP contribution < -0.4 is 4.40 Å². The maximum Gasteiger partial charge on any atom is 0.286 e. The Kier molecular flexibility index (Phi) is 2.92. The molecule has 2 aromatic heterocycles.